The highest BCUT2D eigenvalue weighted by molar-refractivity contribution is 5.98. The Bertz CT molecular complexity index is 776. The summed E-state index contributed by atoms with van der Waals surface area (Å²) >= 11 is 0. The molecule has 1 aromatic heterocycles. The Hall–Kier alpha value is -2.63. The molecule has 0 aliphatic carbocycles. The molecule has 1 amide bonds. The first kappa shape index (κ1) is 17.2. The molecule has 6 nitrogen and oxygen atoms in total. The summed E-state index contributed by atoms with van der Waals surface area (Å²) in [5.41, 5.74) is 2.50. The number of hydrogen-bond acceptors (Lipinski definition) is 5. The molecule has 0 radical (unpaired) electrons. The lowest BCUT2D eigenvalue weighted by Gasteiger charge is -2.23. The second-order valence-electron chi connectivity index (χ2n) is 6.93. The van der Waals surface area contributed by atoms with Crippen LogP contribution < -0.4 is 15.4 Å². The Kier molecular flexibility index (Phi) is 4.61. The molecular formula is C19H24N4O2. The lowest BCUT2D eigenvalue weighted by atomic mass is 10.1. The van der Waals surface area contributed by atoms with Crippen LogP contribution in [0.1, 0.15) is 58.0 Å². The fourth-order valence-electron chi connectivity index (χ4n) is 2.54. The number of nitrogens with zero attached hydrogens (tertiary/aromatic N) is 2. The molecule has 132 valence electrons. The SMILES string of the molecule is CC1Oc2ccc(Nc3cc(C(C)C)nc(C(C)C)n3)cc2NC1=O. The number of ether oxygens (including phenoxy) is 1. The van der Waals surface area contributed by atoms with E-state index in [1.54, 1.807) is 6.92 Å². The molecular weight excluding hydrogens is 316 g/mol. The van der Waals surface area contributed by atoms with E-state index >= 15 is 0 Å². The van der Waals surface area contributed by atoms with Crippen LogP contribution in [0, 0.1) is 0 Å². The fraction of sp³-hybridized carbons (Fsp3) is 0.421. The number of nitrogens with one attached hydrogen (secondary N) is 2. The van der Waals surface area contributed by atoms with Crippen LogP contribution in [0.15, 0.2) is 24.3 Å². The summed E-state index contributed by atoms with van der Waals surface area (Å²) < 4.78 is 5.58. The third-order valence-electron chi connectivity index (χ3n) is 4.05. The van der Waals surface area contributed by atoms with E-state index in [1.165, 1.54) is 0 Å². The predicted octanol–water partition coefficient (Wildman–Crippen LogP) is 4.19. The first-order chi connectivity index (χ1) is 11.8. The van der Waals surface area contributed by atoms with Gasteiger partial charge in [-0.1, -0.05) is 27.7 Å². The molecule has 2 heterocycles. The summed E-state index contributed by atoms with van der Waals surface area (Å²) in [6.45, 7) is 10.1. The summed E-state index contributed by atoms with van der Waals surface area (Å²) in [4.78, 5) is 21.0. The average molecular weight is 340 g/mol. The summed E-state index contributed by atoms with van der Waals surface area (Å²) in [5, 5.41) is 6.17. The van der Waals surface area contributed by atoms with E-state index in [0.29, 0.717) is 17.4 Å². The summed E-state index contributed by atoms with van der Waals surface area (Å²) in [6, 6.07) is 7.58. The Morgan fingerprint density at radius 1 is 1.12 bits per heavy atom. The smallest absolute Gasteiger partial charge is 0.265 e. The molecule has 0 fully saturated rings. The van der Waals surface area contributed by atoms with Gasteiger partial charge in [-0.15, -0.1) is 0 Å². The monoisotopic (exact) mass is 340 g/mol. The number of benzene rings is 1. The number of aromatic nitrogens is 2. The van der Waals surface area contributed by atoms with Gasteiger partial charge < -0.3 is 15.4 Å². The maximum absolute atomic E-state index is 11.8. The van der Waals surface area contributed by atoms with Gasteiger partial charge in [0.2, 0.25) is 0 Å². The molecule has 0 bridgehead atoms. The molecule has 6 heteroatoms. The van der Waals surface area contributed by atoms with Crippen LogP contribution in [0.2, 0.25) is 0 Å². The van der Waals surface area contributed by atoms with Crippen molar-refractivity contribution in [3.8, 4) is 5.75 Å². The minimum absolute atomic E-state index is 0.143. The van der Waals surface area contributed by atoms with E-state index < -0.39 is 6.10 Å². The van der Waals surface area contributed by atoms with Gasteiger partial charge in [0.05, 0.1) is 5.69 Å². The Balaban J connectivity index is 1.90. The van der Waals surface area contributed by atoms with Gasteiger partial charge in [0.1, 0.15) is 17.4 Å². The molecule has 3 rings (SSSR count). The Morgan fingerprint density at radius 2 is 1.88 bits per heavy atom. The third-order valence-corrected chi connectivity index (χ3v) is 4.05. The van der Waals surface area contributed by atoms with Gasteiger partial charge in [-0.05, 0) is 31.0 Å². The molecule has 1 unspecified atom stereocenters. The van der Waals surface area contributed by atoms with Gasteiger partial charge in [-0.25, -0.2) is 9.97 Å². The summed E-state index contributed by atoms with van der Waals surface area (Å²) in [7, 11) is 0. The zero-order valence-corrected chi connectivity index (χ0v) is 15.3. The van der Waals surface area contributed by atoms with Crippen molar-refractivity contribution in [3.63, 3.8) is 0 Å². The van der Waals surface area contributed by atoms with Crippen LogP contribution in [0.5, 0.6) is 5.75 Å². The van der Waals surface area contributed by atoms with Gasteiger partial charge in [0.15, 0.2) is 6.10 Å². The zero-order valence-electron chi connectivity index (χ0n) is 15.3. The van der Waals surface area contributed by atoms with Gasteiger partial charge in [-0.2, -0.15) is 0 Å². The molecule has 1 atom stereocenters. The van der Waals surface area contributed by atoms with Gasteiger partial charge >= 0.3 is 0 Å². The molecule has 25 heavy (non-hydrogen) atoms. The second kappa shape index (κ2) is 6.70. The molecule has 1 aliphatic heterocycles. The molecule has 0 saturated carbocycles. The van der Waals surface area contributed by atoms with Gasteiger partial charge in [0.25, 0.3) is 5.91 Å². The molecule has 2 N–H and O–H groups in total. The highest BCUT2D eigenvalue weighted by atomic mass is 16.5. The average Bonchev–Trinajstić information content (AvgIpc) is 2.55. The van der Waals surface area contributed by atoms with Crippen LogP contribution in [-0.2, 0) is 4.79 Å². The molecule has 1 aliphatic rings. The number of fused-ring (bicyclic) bond motifs is 1. The first-order valence-corrected chi connectivity index (χ1v) is 8.61. The van der Waals surface area contributed by atoms with Crippen LogP contribution in [0.25, 0.3) is 0 Å². The number of anilines is 3. The van der Waals surface area contributed by atoms with Crippen molar-refractivity contribution in [3.05, 3.63) is 35.8 Å². The van der Waals surface area contributed by atoms with E-state index in [1.807, 2.05) is 24.3 Å². The quantitative estimate of drug-likeness (QED) is 0.873. The Morgan fingerprint density at radius 3 is 2.56 bits per heavy atom. The van der Waals surface area contributed by atoms with Crippen molar-refractivity contribution in [2.24, 2.45) is 0 Å². The van der Waals surface area contributed by atoms with Crippen LogP contribution in [-0.4, -0.2) is 22.0 Å². The third kappa shape index (κ3) is 3.73. The van der Waals surface area contributed by atoms with Crippen molar-refractivity contribution in [2.45, 2.75) is 52.6 Å². The highest BCUT2D eigenvalue weighted by Crippen LogP contribution is 2.33. The van der Waals surface area contributed by atoms with E-state index in [0.717, 1.165) is 23.0 Å². The van der Waals surface area contributed by atoms with Crippen molar-refractivity contribution >= 4 is 23.1 Å². The van der Waals surface area contributed by atoms with E-state index in [4.69, 9.17) is 4.74 Å². The number of hydrogen-bond donors (Lipinski definition) is 2. The minimum atomic E-state index is -0.477. The maximum Gasteiger partial charge on any atom is 0.265 e. The zero-order chi connectivity index (χ0) is 18.1. The van der Waals surface area contributed by atoms with Crippen molar-refractivity contribution in [2.75, 3.05) is 10.6 Å². The lowest BCUT2D eigenvalue weighted by molar-refractivity contribution is -0.122. The topological polar surface area (TPSA) is 76.1 Å². The molecule has 0 saturated heterocycles. The number of carbonyl (C=O) groups is 1. The van der Waals surface area contributed by atoms with Gasteiger partial charge in [0, 0.05) is 23.4 Å². The van der Waals surface area contributed by atoms with E-state index in [2.05, 4.69) is 48.3 Å². The molecule has 1 aromatic carbocycles. The predicted molar refractivity (Wildman–Crippen MR) is 98.7 cm³/mol. The largest absolute Gasteiger partial charge is 0.479 e. The van der Waals surface area contributed by atoms with Crippen molar-refractivity contribution < 1.29 is 9.53 Å². The van der Waals surface area contributed by atoms with Crippen LogP contribution in [0.3, 0.4) is 0 Å². The molecule has 2 aromatic rings. The lowest BCUT2D eigenvalue weighted by Crippen LogP contribution is -2.34. The number of carbonyl (C=O) groups excluding carboxylic acids is 1. The van der Waals surface area contributed by atoms with Crippen molar-refractivity contribution in [1.29, 1.82) is 0 Å². The Labute approximate surface area is 148 Å². The maximum atomic E-state index is 11.8. The first-order valence-electron chi connectivity index (χ1n) is 8.61. The number of amides is 1. The standard InChI is InChI=1S/C19H24N4O2/c1-10(2)14-9-17(23-18(21-14)11(3)4)20-13-6-7-16-15(8-13)22-19(24)12(5)25-16/h6-12H,1-5H3,(H,22,24)(H,20,21,23). The molecule has 0 spiro atoms. The number of rotatable bonds is 4. The second-order valence-corrected chi connectivity index (χ2v) is 6.93. The summed E-state index contributed by atoms with van der Waals surface area (Å²) in [5.74, 6) is 2.66. The summed E-state index contributed by atoms with van der Waals surface area (Å²) in [6.07, 6.45) is -0.477. The highest BCUT2D eigenvalue weighted by Gasteiger charge is 2.23. The fourth-order valence-corrected chi connectivity index (χ4v) is 2.54. The minimum Gasteiger partial charge on any atom is -0.479 e. The van der Waals surface area contributed by atoms with Crippen LogP contribution in [0.4, 0.5) is 17.2 Å². The van der Waals surface area contributed by atoms with E-state index in [-0.39, 0.29) is 11.8 Å². The van der Waals surface area contributed by atoms with Crippen LogP contribution >= 0.6 is 0 Å². The normalized spacial score (nSPS) is 16.4. The van der Waals surface area contributed by atoms with Crippen molar-refractivity contribution in [1.82, 2.24) is 9.97 Å². The van der Waals surface area contributed by atoms with E-state index in [9.17, 15) is 4.79 Å². The van der Waals surface area contributed by atoms with Gasteiger partial charge in [-0.3, -0.25) is 4.79 Å².